The fourth-order valence-corrected chi connectivity index (χ4v) is 3.09. The van der Waals surface area contributed by atoms with Gasteiger partial charge in [0.1, 0.15) is 18.2 Å². The molecule has 0 aromatic heterocycles. The van der Waals surface area contributed by atoms with Gasteiger partial charge in [0.2, 0.25) is 5.90 Å². The number of rotatable bonds is 10. The quantitative estimate of drug-likeness (QED) is 0.464. The number of hydrogen-bond donors (Lipinski definition) is 2. The van der Waals surface area contributed by atoms with Gasteiger partial charge in [-0.1, -0.05) is 18.2 Å². The minimum absolute atomic E-state index is 0.0788. The second kappa shape index (κ2) is 10.0. The Morgan fingerprint density at radius 1 is 1.33 bits per heavy atom. The topological polar surface area (TPSA) is 80.2 Å². The lowest BCUT2D eigenvalue weighted by Crippen LogP contribution is -2.46. The van der Waals surface area contributed by atoms with E-state index in [1.807, 2.05) is 12.1 Å². The molecule has 1 atom stereocenters. The number of halogens is 1. The molecule has 3 rings (SSSR count). The fourth-order valence-electron chi connectivity index (χ4n) is 3.09. The predicted molar refractivity (Wildman–Crippen MR) is 112 cm³/mol. The first-order chi connectivity index (χ1) is 14.6. The number of aliphatic hydroxyl groups excluding tert-OH is 1. The lowest BCUT2D eigenvalue weighted by atomic mass is 9.96. The zero-order valence-electron chi connectivity index (χ0n) is 16.6. The summed E-state index contributed by atoms with van der Waals surface area (Å²) < 4.78 is 24.6. The number of ether oxygens (including phenoxy) is 2. The number of carbonyl (C=O) groups is 1. The second-order valence-electron chi connectivity index (χ2n) is 6.99. The molecule has 0 unspecified atom stereocenters. The smallest absolute Gasteiger partial charge is 0.252 e. The first kappa shape index (κ1) is 21.5. The molecule has 1 aliphatic rings. The van der Waals surface area contributed by atoms with E-state index in [2.05, 4.69) is 16.9 Å². The van der Waals surface area contributed by atoms with Crippen LogP contribution in [0.3, 0.4) is 0 Å². The molecule has 7 heteroatoms. The highest BCUT2D eigenvalue weighted by Crippen LogP contribution is 2.27. The van der Waals surface area contributed by atoms with E-state index in [9.17, 15) is 9.18 Å². The first-order valence-electron chi connectivity index (χ1n) is 9.77. The van der Waals surface area contributed by atoms with Gasteiger partial charge in [-0.2, -0.15) is 0 Å². The molecule has 2 N–H and O–H groups in total. The van der Waals surface area contributed by atoms with E-state index in [1.165, 1.54) is 12.1 Å². The highest BCUT2D eigenvalue weighted by atomic mass is 19.1. The maximum absolute atomic E-state index is 13.4. The molecule has 0 fully saturated rings. The maximum Gasteiger partial charge on any atom is 0.252 e. The number of aliphatic imine (C=N–C) groups is 1. The summed E-state index contributed by atoms with van der Waals surface area (Å²) in [6, 6.07) is 13.3. The van der Waals surface area contributed by atoms with Crippen molar-refractivity contribution < 1.29 is 23.8 Å². The van der Waals surface area contributed by atoms with Crippen molar-refractivity contribution in [3.05, 3.63) is 78.1 Å². The molecule has 6 nitrogen and oxygen atoms in total. The number of nitrogens with one attached hydrogen (secondary N) is 1. The monoisotopic (exact) mass is 412 g/mol. The van der Waals surface area contributed by atoms with Crippen molar-refractivity contribution in [2.24, 2.45) is 4.99 Å². The average Bonchev–Trinajstić information content (AvgIpc) is 3.18. The van der Waals surface area contributed by atoms with Crippen LogP contribution in [0.4, 0.5) is 4.39 Å². The number of benzene rings is 2. The van der Waals surface area contributed by atoms with E-state index in [0.29, 0.717) is 36.7 Å². The molecule has 0 spiro atoms. The van der Waals surface area contributed by atoms with Crippen LogP contribution in [0.5, 0.6) is 5.75 Å². The van der Waals surface area contributed by atoms with Gasteiger partial charge in [-0.3, -0.25) is 4.79 Å². The molecule has 1 heterocycles. The summed E-state index contributed by atoms with van der Waals surface area (Å²) in [5, 5.41) is 11.6. The molecular weight excluding hydrogens is 387 g/mol. The Morgan fingerprint density at radius 3 is 2.83 bits per heavy atom. The fraction of sp³-hybridized carbons (Fsp3) is 0.304. The van der Waals surface area contributed by atoms with Crippen LogP contribution >= 0.6 is 0 Å². The summed E-state index contributed by atoms with van der Waals surface area (Å²) in [5.74, 6) is 0.400. The highest BCUT2D eigenvalue weighted by molar-refractivity contribution is 6.00. The van der Waals surface area contributed by atoms with Gasteiger partial charge in [-0.15, -0.1) is 6.58 Å². The number of aliphatic hydroxyl groups is 1. The second-order valence-corrected chi connectivity index (χ2v) is 6.99. The third-order valence-corrected chi connectivity index (χ3v) is 4.68. The third-order valence-electron chi connectivity index (χ3n) is 4.68. The van der Waals surface area contributed by atoms with Crippen molar-refractivity contribution in [1.29, 1.82) is 0 Å². The Morgan fingerprint density at radius 2 is 2.13 bits per heavy atom. The zero-order chi connectivity index (χ0) is 21.4. The van der Waals surface area contributed by atoms with Gasteiger partial charge >= 0.3 is 0 Å². The Kier molecular flexibility index (Phi) is 7.19. The van der Waals surface area contributed by atoms with Crippen LogP contribution in [0.25, 0.3) is 0 Å². The van der Waals surface area contributed by atoms with Crippen molar-refractivity contribution in [1.82, 2.24) is 5.32 Å². The van der Waals surface area contributed by atoms with Crippen molar-refractivity contribution in [3.63, 3.8) is 0 Å². The van der Waals surface area contributed by atoms with E-state index in [-0.39, 0.29) is 31.5 Å². The summed E-state index contributed by atoms with van der Waals surface area (Å²) >= 11 is 0. The lowest BCUT2D eigenvalue weighted by Gasteiger charge is -2.21. The van der Waals surface area contributed by atoms with Crippen LogP contribution in [0.15, 0.2) is 66.2 Å². The third kappa shape index (κ3) is 5.24. The van der Waals surface area contributed by atoms with Crippen molar-refractivity contribution in [3.8, 4) is 5.75 Å². The number of nitrogens with zero attached hydrogens (tertiary/aromatic N) is 1. The maximum atomic E-state index is 13.4. The normalized spacial score (nSPS) is 17.7. The molecule has 1 amide bonds. The van der Waals surface area contributed by atoms with Crippen molar-refractivity contribution >= 4 is 11.8 Å². The predicted octanol–water partition coefficient (Wildman–Crippen LogP) is 3.00. The van der Waals surface area contributed by atoms with Crippen molar-refractivity contribution in [2.45, 2.75) is 24.9 Å². The summed E-state index contributed by atoms with van der Waals surface area (Å²) in [6.07, 6.45) is 2.51. The SMILES string of the molecule is C=CC[C@]1(C(=O)NCc2cccc(F)c2)COC(c2ccc(OCCCO)cc2)=N1. The van der Waals surface area contributed by atoms with Gasteiger partial charge in [-0.05, 0) is 42.0 Å². The van der Waals surface area contributed by atoms with Crippen molar-refractivity contribution in [2.75, 3.05) is 19.8 Å². The Hall–Kier alpha value is -3.19. The van der Waals surface area contributed by atoms with E-state index in [4.69, 9.17) is 14.6 Å². The van der Waals surface area contributed by atoms with E-state index in [0.717, 1.165) is 5.56 Å². The van der Waals surface area contributed by atoms with Crippen LogP contribution < -0.4 is 10.1 Å². The number of carbonyl (C=O) groups excluding carboxylic acids is 1. The van der Waals surface area contributed by atoms with Crippen LogP contribution in [-0.2, 0) is 16.1 Å². The van der Waals surface area contributed by atoms with Gasteiger partial charge in [0.25, 0.3) is 5.91 Å². The van der Waals surface area contributed by atoms with Gasteiger partial charge in [0.05, 0.1) is 6.61 Å². The minimum Gasteiger partial charge on any atom is -0.494 e. The first-order valence-corrected chi connectivity index (χ1v) is 9.77. The average molecular weight is 412 g/mol. The van der Waals surface area contributed by atoms with Gasteiger partial charge in [-0.25, -0.2) is 9.38 Å². The Balaban J connectivity index is 1.70. The lowest BCUT2D eigenvalue weighted by molar-refractivity contribution is -0.126. The van der Waals surface area contributed by atoms with Gasteiger partial charge in [0.15, 0.2) is 5.54 Å². The zero-order valence-corrected chi connectivity index (χ0v) is 16.6. The molecule has 0 bridgehead atoms. The summed E-state index contributed by atoms with van der Waals surface area (Å²) in [6.45, 7) is 4.54. The Labute approximate surface area is 175 Å². The van der Waals surface area contributed by atoms with E-state index < -0.39 is 5.54 Å². The highest BCUT2D eigenvalue weighted by Gasteiger charge is 2.43. The molecule has 0 saturated carbocycles. The molecule has 1 aliphatic heterocycles. The number of amides is 1. The standard InChI is InChI=1S/C23H25FN2O4/c1-2-11-23(22(28)25-15-17-5-3-6-19(24)14-17)16-30-21(26-23)18-7-9-20(10-8-18)29-13-4-12-27/h2-3,5-10,14,27H,1,4,11-13,15-16H2,(H,25,28)/t23-/m1/s1. The summed E-state index contributed by atoms with van der Waals surface area (Å²) in [5.41, 5.74) is 0.283. The molecule has 30 heavy (non-hydrogen) atoms. The molecular formula is C23H25FN2O4. The molecule has 0 saturated heterocycles. The minimum atomic E-state index is -1.11. The molecule has 2 aromatic carbocycles. The van der Waals surface area contributed by atoms with E-state index >= 15 is 0 Å². The van der Waals surface area contributed by atoms with Gasteiger partial charge in [0, 0.05) is 31.6 Å². The van der Waals surface area contributed by atoms with Crippen LogP contribution in [-0.4, -0.2) is 42.3 Å². The number of hydrogen-bond acceptors (Lipinski definition) is 5. The molecule has 2 aromatic rings. The summed E-state index contributed by atoms with van der Waals surface area (Å²) in [4.78, 5) is 17.5. The van der Waals surface area contributed by atoms with Crippen LogP contribution in [0, 0.1) is 5.82 Å². The largest absolute Gasteiger partial charge is 0.494 e. The summed E-state index contributed by atoms with van der Waals surface area (Å²) in [7, 11) is 0. The molecule has 0 radical (unpaired) electrons. The molecule has 158 valence electrons. The van der Waals surface area contributed by atoms with Crippen LogP contribution in [0.2, 0.25) is 0 Å². The Bertz CT molecular complexity index is 914. The molecule has 0 aliphatic carbocycles. The van der Waals surface area contributed by atoms with Crippen LogP contribution in [0.1, 0.15) is 24.0 Å². The van der Waals surface area contributed by atoms with Gasteiger partial charge < -0.3 is 19.9 Å². The van der Waals surface area contributed by atoms with E-state index in [1.54, 1.807) is 30.3 Å².